The zero-order chi connectivity index (χ0) is 40.4. The van der Waals surface area contributed by atoms with Crippen molar-refractivity contribution in [1.29, 1.82) is 0 Å². The van der Waals surface area contributed by atoms with Gasteiger partial charge in [0.1, 0.15) is 11.2 Å². The van der Waals surface area contributed by atoms with Gasteiger partial charge >= 0.3 is 0 Å². The maximum absolute atomic E-state index is 6.12. The highest BCUT2D eigenvalue weighted by molar-refractivity contribution is 6.06. The van der Waals surface area contributed by atoms with Crippen LogP contribution in [-0.2, 0) is 6.42 Å². The van der Waals surface area contributed by atoms with E-state index in [2.05, 4.69) is 205 Å². The molecule has 0 atom stereocenters. The lowest BCUT2D eigenvalue weighted by Gasteiger charge is -2.26. The summed E-state index contributed by atoms with van der Waals surface area (Å²) in [7, 11) is 0. The Morgan fingerprint density at radius 2 is 0.950 bits per heavy atom. The molecule has 288 valence electrons. The fraction of sp³-hybridized carbons (Fsp3) is 0.0690. The molecule has 1 aliphatic carbocycles. The zero-order valence-electron chi connectivity index (χ0n) is 34.0. The van der Waals surface area contributed by atoms with E-state index < -0.39 is 0 Å². The first-order valence-corrected chi connectivity index (χ1v) is 21.1. The molecule has 2 nitrogen and oxygen atoms in total. The van der Waals surface area contributed by atoms with Gasteiger partial charge in [-0.3, -0.25) is 0 Å². The van der Waals surface area contributed by atoms with Crippen molar-refractivity contribution >= 4 is 55.8 Å². The van der Waals surface area contributed by atoms with Crippen LogP contribution in [0.5, 0.6) is 0 Å². The first-order chi connectivity index (χ1) is 29.7. The van der Waals surface area contributed by atoms with Gasteiger partial charge in [0.25, 0.3) is 0 Å². The third-order valence-corrected chi connectivity index (χ3v) is 11.7. The van der Waals surface area contributed by atoms with Crippen molar-refractivity contribution in [3.05, 3.63) is 217 Å². The molecule has 11 rings (SSSR count). The van der Waals surface area contributed by atoms with Crippen molar-refractivity contribution in [2.24, 2.45) is 0 Å². The van der Waals surface area contributed by atoms with E-state index in [9.17, 15) is 0 Å². The van der Waals surface area contributed by atoms with Gasteiger partial charge in [0.2, 0.25) is 0 Å². The molecule has 2 heteroatoms. The number of hydrogen-bond acceptors (Lipinski definition) is 2. The lowest BCUT2D eigenvalue weighted by molar-refractivity contribution is 0.669. The summed E-state index contributed by atoms with van der Waals surface area (Å²) >= 11 is 0. The summed E-state index contributed by atoms with van der Waals surface area (Å²) < 4.78 is 6.12. The van der Waals surface area contributed by atoms with Gasteiger partial charge in [0.05, 0.1) is 0 Å². The Kier molecular flexibility index (Phi) is 9.89. The van der Waals surface area contributed by atoms with E-state index in [-0.39, 0.29) is 0 Å². The minimum Gasteiger partial charge on any atom is -0.456 e. The summed E-state index contributed by atoms with van der Waals surface area (Å²) in [6.07, 6.45) is 6.84. The average molecular weight is 772 g/mol. The summed E-state index contributed by atoms with van der Waals surface area (Å²) in [4.78, 5) is 2.36. The van der Waals surface area contributed by atoms with Crippen molar-refractivity contribution in [3.8, 4) is 44.5 Å². The fourth-order valence-corrected chi connectivity index (χ4v) is 8.73. The number of hydrogen-bond donors (Lipinski definition) is 0. The van der Waals surface area contributed by atoms with Crippen molar-refractivity contribution < 1.29 is 4.42 Å². The number of fused-ring (bicyclic) bond motifs is 6. The topological polar surface area (TPSA) is 16.4 Å². The molecule has 1 heterocycles. The third-order valence-electron chi connectivity index (χ3n) is 11.7. The van der Waals surface area contributed by atoms with Gasteiger partial charge in [0.15, 0.2) is 0 Å². The number of para-hydroxylation sites is 1. The Morgan fingerprint density at radius 3 is 1.72 bits per heavy atom. The van der Waals surface area contributed by atoms with Crippen molar-refractivity contribution in [2.45, 2.75) is 26.7 Å². The third kappa shape index (κ3) is 6.97. The monoisotopic (exact) mass is 771 g/mol. The maximum Gasteiger partial charge on any atom is 0.135 e. The summed E-state index contributed by atoms with van der Waals surface area (Å²) in [5.74, 6) is 0. The second-order valence-electron chi connectivity index (χ2n) is 15.3. The van der Waals surface area contributed by atoms with Gasteiger partial charge in [-0.25, -0.2) is 0 Å². The first kappa shape index (κ1) is 36.9. The number of allylic oxidation sites excluding steroid dienone is 1. The molecular weight excluding hydrogens is 727 g/mol. The Bertz CT molecular complexity index is 3150. The van der Waals surface area contributed by atoms with Crippen LogP contribution in [0.3, 0.4) is 0 Å². The van der Waals surface area contributed by atoms with Crippen LogP contribution in [0.1, 0.15) is 31.4 Å². The molecule has 0 spiro atoms. The molecule has 10 aromatic rings. The van der Waals surface area contributed by atoms with E-state index in [1.54, 1.807) is 0 Å². The van der Waals surface area contributed by atoms with Crippen LogP contribution < -0.4 is 4.90 Å². The molecule has 0 fully saturated rings. The fourth-order valence-electron chi connectivity index (χ4n) is 8.73. The molecule has 0 unspecified atom stereocenters. The Balaban J connectivity index is 0.00000213. The summed E-state index contributed by atoms with van der Waals surface area (Å²) in [6, 6.07) is 72.5. The van der Waals surface area contributed by atoms with Gasteiger partial charge in [-0.1, -0.05) is 159 Å². The highest BCUT2D eigenvalue weighted by Crippen LogP contribution is 2.40. The van der Waals surface area contributed by atoms with E-state index in [4.69, 9.17) is 4.42 Å². The molecule has 0 saturated heterocycles. The molecular formula is C58H45NO. The van der Waals surface area contributed by atoms with Crippen LogP contribution in [0, 0.1) is 0 Å². The summed E-state index contributed by atoms with van der Waals surface area (Å²) in [5, 5.41) is 4.89. The lowest BCUT2D eigenvalue weighted by Crippen LogP contribution is -2.10. The van der Waals surface area contributed by atoms with Crippen LogP contribution in [0.25, 0.3) is 83.3 Å². The number of nitrogens with zero attached hydrogens (tertiary/aromatic N) is 1. The molecule has 60 heavy (non-hydrogen) atoms. The smallest absolute Gasteiger partial charge is 0.135 e. The molecule has 0 bridgehead atoms. The Labute approximate surface area is 352 Å². The van der Waals surface area contributed by atoms with E-state index in [0.29, 0.717) is 0 Å². The SMILES string of the molecule is C1=Cc2c(ccc3cc(-c4cccc(-c5cccc(N(c6ccc(-c7ccccc7)cc6)c6ccc(-c7ccc8oc9ccccc9c8c7)cc6)c5)c4)ccc23)CC1.CC. The predicted octanol–water partition coefficient (Wildman–Crippen LogP) is 16.9. The molecule has 0 aliphatic heterocycles. The molecule has 1 aromatic heterocycles. The Morgan fingerprint density at radius 1 is 0.383 bits per heavy atom. The van der Waals surface area contributed by atoms with Gasteiger partial charge in [-0.05, 0) is 146 Å². The van der Waals surface area contributed by atoms with Crippen LogP contribution in [-0.4, -0.2) is 0 Å². The summed E-state index contributed by atoms with van der Waals surface area (Å²) in [6.45, 7) is 4.00. The number of aryl methyl sites for hydroxylation is 1. The molecule has 0 amide bonds. The quantitative estimate of drug-likeness (QED) is 0.160. The van der Waals surface area contributed by atoms with Crippen molar-refractivity contribution in [3.63, 3.8) is 0 Å². The highest BCUT2D eigenvalue weighted by atomic mass is 16.3. The summed E-state index contributed by atoms with van der Waals surface area (Å²) in [5.41, 5.74) is 17.4. The number of rotatable bonds is 7. The van der Waals surface area contributed by atoms with Gasteiger partial charge in [0, 0.05) is 27.8 Å². The largest absolute Gasteiger partial charge is 0.456 e. The molecule has 0 saturated carbocycles. The van der Waals surface area contributed by atoms with Crippen LogP contribution in [0.4, 0.5) is 17.1 Å². The standard InChI is InChI=1S/C56H39NO.C2H6/c1-2-10-38(11-3-1)39-22-28-48(29-23-39)57(49-30-24-40(25-31-49)46-27-33-56-54(37-46)53-18-6-7-19-55(53)58-56)50-16-9-15-44(36-50)42-13-8-14-43(34-42)45-26-32-52-47(35-45)21-20-41-12-4-5-17-51(41)52;1-2/h1-3,5-11,13-37H,4,12H2;1-2H3. The van der Waals surface area contributed by atoms with Gasteiger partial charge in [-0.2, -0.15) is 0 Å². The normalized spacial score (nSPS) is 12.0. The average Bonchev–Trinajstić information content (AvgIpc) is 3.71. The van der Waals surface area contributed by atoms with Crippen LogP contribution in [0.15, 0.2) is 211 Å². The molecule has 9 aromatic carbocycles. The first-order valence-electron chi connectivity index (χ1n) is 21.1. The zero-order valence-corrected chi connectivity index (χ0v) is 34.0. The van der Waals surface area contributed by atoms with E-state index in [1.807, 2.05) is 26.0 Å². The molecule has 0 N–H and O–H groups in total. The predicted molar refractivity (Wildman–Crippen MR) is 256 cm³/mol. The second kappa shape index (κ2) is 16.1. The minimum atomic E-state index is 0.908. The molecule has 1 aliphatic rings. The second-order valence-corrected chi connectivity index (χ2v) is 15.3. The van der Waals surface area contributed by atoms with Gasteiger partial charge < -0.3 is 9.32 Å². The van der Waals surface area contributed by atoms with Crippen molar-refractivity contribution in [1.82, 2.24) is 0 Å². The van der Waals surface area contributed by atoms with Crippen LogP contribution >= 0.6 is 0 Å². The van der Waals surface area contributed by atoms with Gasteiger partial charge in [-0.15, -0.1) is 0 Å². The maximum atomic E-state index is 6.12. The highest BCUT2D eigenvalue weighted by Gasteiger charge is 2.16. The number of furan rings is 1. The molecule has 0 radical (unpaired) electrons. The number of benzene rings is 9. The van der Waals surface area contributed by atoms with E-state index in [1.165, 1.54) is 55.3 Å². The Hall–Kier alpha value is -7.42. The lowest BCUT2D eigenvalue weighted by atomic mass is 9.90. The van der Waals surface area contributed by atoms with E-state index in [0.717, 1.165) is 63.0 Å². The van der Waals surface area contributed by atoms with Crippen LogP contribution in [0.2, 0.25) is 0 Å². The number of anilines is 3. The van der Waals surface area contributed by atoms with Crippen molar-refractivity contribution in [2.75, 3.05) is 4.90 Å². The van der Waals surface area contributed by atoms with E-state index >= 15 is 0 Å². The minimum absolute atomic E-state index is 0.908.